The summed E-state index contributed by atoms with van der Waals surface area (Å²) in [5, 5.41) is 0. The van der Waals surface area contributed by atoms with E-state index in [1.165, 1.54) is 141 Å². The van der Waals surface area contributed by atoms with Gasteiger partial charge in [-0.05, 0) is 214 Å². The average molecular weight is 776 g/mol. The van der Waals surface area contributed by atoms with Crippen molar-refractivity contribution in [2.24, 2.45) is 105 Å². The van der Waals surface area contributed by atoms with Gasteiger partial charge in [0.25, 0.3) is 0 Å². The molecule has 0 radical (unpaired) electrons. The van der Waals surface area contributed by atoms with E-state index < -0.39 is 0 Å². The maximum Gasteiger partial charge on any atom is 0.0512 e. The molecule has 0 aliphatic heterocycles. The summed E-state index contributed by atoms with van der Waals surface area (Å²) in [7, 11) is 0. The lowest BCUT2D eigenvalue weighted by Gasteiger charge is -2.63. The smallest absolute Gasteiger partial charge is 0.0512 e. The fourth-order valence-corrected chi connectivity index (χ4v) is 19.2. The molecule has 1 heteroatoms. The van der Waals surface area contributed by atoms with Gasteiger partial charge in [-0.15, -0.1) is 11.6 Å². The SMILES string of the molecule is CC(C)CCC[C@@H](C)[C@H]1CCC2C3CCC4CC(C5(Cl)CC[C@@]6(C)C(=CCC7C6CC[C@@]6(C)C7CC[C@@H]6[C@H](C)CCCC(C)C)C5)CC[C@]4(C)C3CC[C@@]21C. The molecule has 7 saturated carbocycles. The first-order chi connectivity index (χ1) is 26.0. The third-order valence-electron chi connectivity index (χ3n) is 22.0. The Balaban J connectivity index is 0.904. The van der Waals surface area contributed by atoms with Crippen LogP contribution in [0.2, 0.25) is 0 Å². The molecule has 9 unspecified atom stereocenters. The fraction of sp³-hybridized carbons (Fsp3) is 0.963. The molecule has 0 aromatic heterocycles. The van der Waals surface area contributed by atoms with Crippen LogP contribution in [0.5, 0.6) is 0 Å². The first-order valence-electron chi connectivity index (χ1n) is 25.4. The summed E-state index contributed by atoms with van der Waals surface area (Å²) in [4.78, 5) is 0.0128. The highest BCUT2D eigenvalue weighted by molar-refractivity contribution is 6.24. The molecule has 0 aromatic carbocycles. The summed E-state index contributed by atoms with van der Waals surface area (Å²) >= 11 is 8.10. The maximum absolute atomic E-state index is 8.10. The van der Waals surface area contributed by atoms with Gasteiger partial charge >= 0.3 is 0 Å². The monoisotopic (exact) mass is 775 g/mol. The minimum Gasteiger partial charge on any atom is -0.119 e. The predicted molar refractivity (Wildman–Crippen MR) is 238 cm³/mol. The number of rotatable bonds is 11. The van der Waals surface area contributed by atoms with Crippen molar-refractivity contribution < 1.29 is 0 Å². The highest BCUT2D eigenvalue weighted by Crippen LogP contribution is 2.72. The Morgan fingerprint density at radius 2 is 1.09 bits per heavy atom. The van der Waals surface area contributed by atoms with E-state index in [0.717, 1.165) is 82.9 Å². The van der Waals surface area contributed by atoms with Gasteiger partial charge < -0.3 is 0 Å². The second kappa shape index (κ2) is 15.5. The summed E-state index contributed by atoms with van der Waals surface area (Å²) in [6.07, 6.45) is 36.2. The quantitative estimate of drug-likeness (QED) is 0.145. The van der Waals surface area contributed by atoms with Crippen molar-refractivity contribution in [3.05, 3.63) is 11.6 Å². The molecule has 0 nitrogen and oxygen atoms in total. The minimum absolute atomic E-state index is 0.0128. The first kappa shape index (κ1) is 41.8. The van der Waals surface area contributed by atoms with Gasteiger partial charge in [0.05, 0.1) is 4.87 Å². The van der Waals surface area contributed by atoms with E-state index in [2.05, 4.69) is 75.3 Å². The molecule has 55 heavy (non-hydrogen) atoms. The largest absolute Gasteiger partial charge is 0.119 e. The molecule has 0 spiro atoms. The molecule has 314 valence electrons. The Morgan fingerprint density at radius 1 is 0.545 bits per heavy atom. The van der Waals surface area contributed by atoms with Gasteiger partial charge in [0, 0.05) is 0 Å². The number of alkyl halides is 1. The molecule has 0 bridgehead atoms. The number of allylic oxidation sites excluding steroid dienone is 2. The molecule has 8 aliphatic rings. The fourth-order valence-electron chi connectivity index (χ4n) is 18.8. The zero-order chi connectivity index (χ0) is 39.1. The van der Waals surface area contributed by atoms with Crippen molar-refractivity contribution in [3.63, 3.8) is 0 Å². The van der Waals surface area contributed by atoms with Crippen LogP contribution in [0.4, 0.5) is 0 Å². The summed E-state index contributed by atoms with van der Waals surface area (Å²) in [5.74, 6) is 12.9. The van der Waals surface area contributed by atoms with Crippen LogP contribution in [0, 0.1) is 105 Å². The third kappa shape index (κ3) is 7.05. The molecule has 17 atom stereocenters. The van der Waals surface area contributed by atoms with Crippen molar-refractivity contribution in [1.29, 1.82) is 0 Å². The van der Waals surface area contributed by atoms with Crippen LogP contribution in [-0.2, 0) is 0 Å². The Bertz CT molecular complexity index is 1370. The molecular weight excluding hydrogens is 684 g/mol. The molecule has 0 aromatic rings. The topological polar surface area (TPSA) is 0 Å². The van der Waals surface area contributed by atoms with E-state index in [9.17, 15) is 0 Å². The predicted octanol–water partition coefficient (Wildman–Crippen LogP) is 16.7. The maximum atomic E-state index is 8.10. The standard InChI is InChI=1S/C54H91Cl/c1-35(2)13-11-15-37(5)44-21-23-46-42-19-17-39-33-40(25-28-50(39,7)48(42)26-29-52(44,46)9)54(55)32-31-51(8)41(34-54)18-20-43-47-24-22-45(38(6)16-12-14-36(3)4)53(47,10)30-27-49(43)51/h18,35-40,42-49H,11-17,19-34H2,1-10H3/t37-,38-,39?,40?,42?,43?,44-,45-,46?,47?,48?,49?,50+,51+,52-,53-,54?/m1/s1. The van der Waals surface area contributed by atoms with Gasteiger partial charge in [0.15, 0.2) is 0 Å². The van der Waals surface area contributed by atoms with Gasteiger partial charge in [0.1, 0.15) is 0 Å². The van der Waals surface area contributed by atoms with Crippen LogP contribution in [0.1, 0.15) is 217 Å². The summed E-state index contributed by atoms with van der Waals surface area (Å²) in [6, 6.07) is 0. The van der Waals surface area contributed by atoms with Gasteiger partial charge in [-0.2, -0.15) is 0 Å². The van der Waals surface area contributed by atoms with Gasteiger partial charge in [-0.3, -0.25) is 0 Å². The van der Waals surface area contributed by atoms with Crippen LogP contribution in [0.15, 0.2) is 11.6 Å². The van der Waals surface area contributed by atoms with E-state index >= 15 is 0 Å². The summed E-state index contributed by atoms with van der Waals surface area (Å²) in [6.45, 7) is 26.0. The van der Waals surface area contributed by atoms with Crippen LogP contribution in [-0.4, -0.2) is 4.87 Å². The van der Waals surface area contributed by atoms with E-state index in [1.807, 2.05) is 5.57 Å². The molecule has 0 N–H and O–H groups in total. The summed E-state index contributed by atoms with van der Waals surface area (Å²) in [5.41, 5.74) is 4.00. The van der Waals surface area contributed by atoms with E-state index in [4.69, 9.17) is 11.6 Å². The van der Waals surface area contributed by atoms with Crippen LogP contribution in [0.3, 0.4) is 0 Å². The van der Waals surface area contributed by atoms with Gasteiger partial charge in [-0.25, -0.2) is 0 Å². The molecule has 8 aliphatic carbocycles. The van der Waals surface area contributed by atoms with Crippen LogP contribution in [0.25, 0.3) is 0 Å². The molecular formula is C54H91Cl. The van der Waals surface area contributed by atoms with Gasteiger partial charge in [0.2, 0.25) is 0 Å². The molecule has 0 heterocycles. The van der Waals surface area contributed by atoms with E-state index in [0.29, 0.717) is 21.7 Å². The molecule has 7 fully saturated rings. The van der Waals surface area contributed by atoms with Crippen molar-refractivity contribution in [2.75, 3.05) is 0 Å². The van der Waals surface area contributed by atoms with Crippen molar-refractivity contribution in [1.82, 2.24) is 0 Å². The van der Waals surface area contributed by atoms with Crippen molar-refractivity contribution in [2.45, 2.75) is 222 Å². The van der Waals surface area contributed by atoms with Crippen molar-refractivity contribution >= 4 is 11.6 Å². The normalized spacial score (nSPS) is 50.3. The molecule has 0 amide bonds. The Hall–Kier alpha value is 0.0300. The van der Waals surface area contributed by atoms with Crippen molar-refractivity contribution in [3.8, 4) is 0 Å². The molecule has 8 rings (SSSR count). The second-order valence-corrected chi connectivity index (χ2v) is 25.9. The lowest BCUT2D eigenvalue weighted by atomic mass is 9.42. The van der Waals surface area contributed by atoms with Gasteiger partial charge in [-0.1, -0.05) is 119 Å². The number of halogens is 1. The number of hydrogen-bond donors (Lipinski definition) is 0. The highest BCUT2D eigenvalue weighted by Gasteiger charge is 2.64. The number of hydrogen-bond acceptors (Lipinski definition) is 0. The number of fused-ring (bicyclic) bond motifs is 10. The Kier molecular flexibility index (Phi) is 11.8. The summed E-state index contributed by atoms with van der Waals surface area (Å²) < 4.78 is 0. The highest BCUT2D eigenvalue weighted by atomic mass is 35.5. The Morgan fingerprint density at radius 3 is 1.69 bits per heavy atom. The Labute approximate surface area is 348 Å². The zero-order valence-corrected chi connectivity index (χ0v) is 39.1. The average Bonchev–Trinajstić information content (AvgIpc) is 3.68. The van der Waals surface area contributed by atoms with E-state index in [1.54, 1.807) is 6.42 Å². The van der Waals surface area contributed by atoms with Crippen LogP contribution < -0.4 is 0 Å². The second-order valence-electron chi connectivity index (χ2n) is 25.2. The minimum atomic E-state index is 0.0128. The zero-order valence-electron chi connectivity index (χ0n) is 38.3. The third-order valence-corrected chi connectivity index (χ3v) is 22.6. The van der Waals surface area contributed by atoms with E-state index in [-0.39, 0.29) is 4.87 Å². The molecule has 0 saturated heterocycles. The lowest BCUT2D eigenvalue weighted by Crippen LogP contribution is -2.56. The van der Waals surface area contributed by atoms with Crippen LogP contribution >= 0.6 is 11.6 Å². The first-order valence-corrected chi connectivity index (χ1v) is 25.8. The lowest BCUT2D eigenvalue weighted by molar-refractivity contribution is -0.125.